The Morgan fingerprint density at radius 3 is 2.46 bits per heavy atom. The van der Waals surface area contributed by atoms with Gasteiger partial charge < -0.3 is 4.90 Å². The largest absolute Gasteiger partial charge is 0.325 e. The molecule has 6 heteroatoms. The van der Waals surface area contributed by atoms with Crippen LogP contribution in [0, 0.1) is 5.92 Å². The first-order chi connectivity index (χ1) is 13.5. The monoisotopic (exact) mass is 396 g/mol. The number of carbonyl (C=O) groups excluding carboxylic acids is 3. The third-order valence-electron chi connectivity index (χ3n) is 5.43. The molecule has 2 aromatic rings. The molecule has 1 aliphatic heterocycles. The van der Waals surface area contributed by atoms with Crippen molar-refractivity contribution in [3.8, 4) is 0 Å². The lowest BCUT2D eigenvalue weighted by Crippen LogP contribution is -2.45. The van der Waals surface area contributed by atoms with E-state index in [2.05, 4.69) is 13.8 Å². The third kappa shape index (κ3) is 3.61. The van der Waals surface area contributed by atoms with Gasteiger partial charge in [-0.3, -0.25) is 14.4 Å². The van der Waals surface area contributed by atoms with Gasteiger partial charge in [-0.15, -0.1) is 11.3 Å². The van der Waals surface area contributed by atoms with Crippen molar-refractivity contribution in [3.63, 3.8) is 0 Å². The molecule has 0 radical (unpaired) electrons. The van der Waals surface area contributed by atoms with Crippen molar-refractivity contribution in [3.05, 3.63) is 52.2 Å². The van der Waals surface area contributed by atoms with Crippen LogP contribution in [0.15, 0.2) is 41.8 Å². The second-order valence-corrected chi connectivity index (χ2v) is 8.89. The van der Waals surface area contributed by atoms with Crippen LogP contribution in [0.4, 0.5) is 5.69 Å². The van der Waals surface area contributed by atoms with Crippen molar-refractivity contribution in [2.75, 3.05) is 4.90 Å². The predicted octanol–water partition coefficient (Wildman–Crippen LogP) is 3.94. The molecular formula is C22H24N2O3S. The molecule has 2 fully saturated rings. The molecule has 0 N–H and O–H groups in total. The van der Waals surface area contributed by atoms with Gasteiger partial charge in [0.2, 0.25) is 11.8 Å². The molecule has 0 spiro atoms. The van der Waals surface area contributed by atoms with E-state index in [1.54, 1.807) is 16.2 Å². The average molecular weight is 397 g/mol. The van der Waals surface area contributed by atoms with Crippen LogP contribution >= 0.6 is 11.3 Å². The van der Waals surface area contributed by atoms with Crippen LogP contribution in [0.2, 0.25) is 0 Å². The standard InChI is InChI=1S/C22H24N2O3S/c1-14(2)15-7-9-17(10-8-15)24-20(25)12-19(22(24)27)23(21(26)16-5-6-16)13-18-4-3-11-28-18/h3-4,7-11,14,16,19H,5-6,12-13H2,1-2H3. The Morgan fingerprint density at radius 1 is 1.18 bits per heavy atom. The minimum Gasteiger partial charge on any atom is -0.325 e. The first-order valence-corrected chi connectivity index (χ1v) is 10.6. The highest BCUT2D eigenvalue weighted by Crippen LogP contribution is 2.35. The van der Waals surface area contributed by atoms with Gasteiger partial charge >= 0.3 is 0 Å². The fourth-order valence-electron chi connectivity index (χ4n) is 3.62. The molecule has 3 amide bonds. The number of benzene rings is 1. The van der Waals surface area contributed by atoms with Gasteiger partial charge in [0, 0.05) is 10.8 Å². The Kier molecular flexibility index (Phi) is 5.06. The van der Waals surface area contributed by atoms with Crippen LogP contribution in [0.5, 0.6) is 0 Å². The Hall–Kier alpha value is -2.47. The van der Waals surface area contributed by atoms with E-state index in [-0.39, 0.29) is 30.1 Å². The highest BCUT2D eigenvalue weighted by Gasteiger charge is 2.46. The molecule has 1 saturated carbocycles. The topological polar surface area (TPSA) is 57.7 Å². The summed E-state index contributed by atoms with van der Waals surface area (Å²) < 4.78 is 0. The van der Waals surface area contributed by atoms with E-state index in [1.807, 2.05) is 41.8 Å². The molecule has 146 valence electrons. The maximum Gasteiger partial charge on any atom is 0.257 e. The van der Waals surface area contributed by atoms with E-state index in [9.17, 15) is 14.4 Å². The summed E-state index contributed by atoms with van der Waals surface area (Å²) in [5, 5.41) is 1.96. The van der Waals surface area contributed by atoms with Gasteiger partial charge in [-0.05, 0) is 47.9 Å². The van der Waals surface area contributed by atoms with E-state index < -0.39 is 6.04 Å². The fraction of sp³-hybridized carbons (Fsp3) is 0.409. The summed E-state index contributed by atoms with van der Waals surface area (Å²) in [6.45, 7) is 4.59. The van der Waals surface area contributed by atoms with Crippen LogP contribution in [0.3, 0.4) is 0 Å². The van der Waals surface area contributed by atoms with Gasteiger partial charge in [0.25, 0.3) is 5.91 Å². The molecule has 0 bridgehead atoms. The minimum atomic E-state index is -0.715. The van der Waals surface area contributed by atoms with Crippen molar-refractivity contribution in [1.82, 2.24) is 4.90 Å². The number of nitrogens with zero attached hydrogens (tertiary/aromatic N) is 2. The van der Waals surface area contributed by atoms with Gasteiger partial charge in [-0.25, -0.2) is 4.90 Å². The van der Waals surface area contributed by atoms with Crippen LogP contribution in [-0.4, -0.2) is 28.7 Å². The molecular weight excluding hydrogens is 372 g/mol. The van der Waals surface area contributed by atoms with E-state index in [4.69, 9.17) is 0 Å². The van der Waals surface area contributed by atoms with E-state index in [1.165, 1.54) is 4.90 Å². The van der Waals surface area contributed by atoms with E-state index in [0.717, 1.165) is 23.3 Å². The number of carbonyl (C=O) groups is 3. The number of amides is 3. The maximum absolute atomic E-state index is 13.2. The molecule has 1 aliphatic carbocycles. The molecule has 28 heavy (non-hydrogen) atoms. The highest BCUT2D eigenvalue weighted by molar-refractivity contribution is 7.09. The smallest absolute Gasteiger partial charge is 0.257 e. The lowest BCUT2D eigenvalue weighted by atomic mass is 10.0. The van der Waals surface area contributed by atoms with Crippen LogP contribution in [0.1, 0.15) is 49.5 Å². The average Bonchev–Trinajstić information content (AvgIpc) is 3.32. The normalized spacial score (nSPS) is 19.5. The van der Waals surface area contributed by atoms with Crippen LogP contribution < -0.4 is 4.90 Å². The fourth-order valence-corrected chi connectivity index (χ4v) is 4.32. The van der Waals surface area contributed by atoms with Crippen molar-refractivity contribution in [1.29, 1.82) is 0 Å². The highest BCUT2D eigenvalue weighted by atomic mass is 32.1. The van der Waals surface area contributed by atoms with E-state index in [0.29, 0.717) is 18.2 Å². The molecule has 2 aliphatic rings. The number of anilines is 1. The summed E-state index contributed by atoms with van der Waals surface area (Å²) in [7, 11) is 0. The lowest BCUT2D eigenvalue weighted by Gasteiger charge is -2.27. The first-order valence-electron chi connectivity index (χ1n) is 9.75. The van der Waals surface area contributed by atoms with Gasteiger partial charge in [0.05, 0.1) is 18.7 Å². The Labute approximate surface area is 169 Å². The summed E-state index contributed by atoms with van der Waals surface area (Å²) in [6.07, 6.45) is 1.79. The van der Waals surface area contributed by atoms with Crippen molar-refractivity contribution in [2.24, 2.45) is 5.92 Å². The summed E-state index contributed by atoms with van der Waals surface area (Å²) in [5.41, 5.74) is 1.74. The molecule has 4 rings (SSSR count). The molecule has 1 saturated heterocycles. The molecule has 2 heterocycles. The Bertz CT molecular complexity index is 885. The lowest BCUT2D eigenvalue weighted by molar-refractivity contribution is -0.140. The van der Waals surface area contributed by atoms with Gasteiger partial charge in [-0.1, -0.05) is 32.0 Å². The number of hydrogen-bond donors (Lipinski definition) is 0. The minimum absolute atomic E-state index is 0.00207. The molecule has 1 aromatic heterocycles. The Balaban J connectivity index is 1.59. The molecule has 1 atom stereocenters. The first kappa shape index (κ1) is 18.9. The van der Waals surface area contributed by atoms with Gasteiger partial charge in [0.15, 0.2) is 0 Å². The number of rotatable bonds is 6. The SMILES string of the molecule is CC(C)c1ccc(N2C(=O)CC(N(Cc3cccs3)C(=O)C3CC3)C2=O)cc1. The number of thiophene rings is 1. The molecule has 1 aromatic carbocycles. The molecule has 5 nitrogen and oxygen atoms in total. The maximum atomic E-state index is 13.2. The van der Waals surface area contributed by atoms with Crippen molar-refractivity contribution >= 4 is 34.7 Å². The van der Waals surface area contributed by atoms with Crippen LogP contribution in [-0.2, 0) is 20.9 Å². The molecule has 1 unspecified atom stereocenters. The second kappa shape index (κ2) is 7.51. The zero-order valence-corrected chi connectivity index (χ0v) is 16.9. The zero-order valence-electron chi connectivity index (χ0n) is 16.1. The summed E-state index contributed by atoms with van der Waals surface area (Å²) in [5.74, 6) is -0.164. The quantitative estimate of drug-likeness (QED) is 0.695. The summed E-state index contributed by atoms with van der Waals surface area (Å²) in [4.78, 5) is 42.6. The summed E-state index contributed by atoms with van der Waals surface area (Å²) >= 11 is 1.56. The second-order valence-electron chi connectivity index (χ2n) is 7.85. The zero-order chi connectivity index (χ0) is 19.8. The van der Waals surface area contributed by atoms with Crippen molar-refractivity contribution in [2.45, 2.75) is 51.6 Å². The van der Waals surface area contributed by atoms with Crippen LogP contribution in [0.25, 0.3) is 0 Å². The van der Waals surface area contributed by atoms with Gasteiger partial charge in [0.1, 0.15) is 6.04 Å². The number of hydrogen-bond acceptors (Lipinski definition) is 4. The Morgan fingerprint density at radius 2 is 1.89 bits per heavy atom. The summed E-state index contributed by atoms with van der Waals surface area (Å²) in [6, 6.07) is 10.7. The van der Waals surface area contributed by atoms with E-state index >= 15 is 0 Å². The number of imide groups is 1. The predicted molar refractivity (Wildman–Crippen MR) is 109 cm³/mol. The van der Waals surface area contributed by atoms with Crippen molar-refractivity contribution < 1.29 is 14.4 Å². The third-order valence-corrected chi connectivity index (χ3v) is 6.29. The van der Waals surface area contributed by atoms with Gasteiger partial charge in [-0.2, -0.15) is 0 Å².